The summed E-state index contributed by atoms with van der Waals surface area (Å²) in [5.74, 6) is 2.78. The van der Waals surface area contributed by atoms with Gasteiger partial charge in [-0.1, -0.05) is 0 Å². The van der Waals surface area contributed by atoms with E-state index < -0.39 is 0 Å². The summed E-state index contributed by atoms with van der Waals surface area (Å²) in [5.41, 5.74) is 1.76. The van der Waals surface area contributed by atoms with Gasteiger partial charge in [-0.25, -0.2) is 4.68 Å². The number of nitrogens with zero attached hydrogens (tertiary/aromatic N) is 3. The molecule has 2 aromatic carbocycles. The van der Waals surface area contributed by atoms with Gasteiger partial charge in [0.2, 0.25) is 0 Å². The molecule has 4 rings (SSSR count). The molecule has 0 radical (unpaired) electrons. The Hall–Kier alpha value is -3.06. The first-order valence-corrected chi connectivity index (χ1v) is 9.35. The van der Waals surface area contributed by atoms with Crippen LogP contribution in [0, 0.1) is 5.92 Å². The molecule has 0 spiro atoms. The number of hydrogen-bond acceptors (Lipinski definition) is 6. The lowest BCUT2D eigenvalue weighted by molar-refractivity contribution is 0.201. The number of hydrogen-bond donors (Lipinski definition) is 1. The Morgan fingerprint density at radius 2 is 1.71 bits per heavy atom. The number of aliphatic hydroxyl groups is 1. The van der Waals surface area contributed by atoms with Gasteiger partial charge >= 0.3 is 6.01 Å². The molecule has 0 amide bonds. The average Bonchev–Trinajstić information content (AvgIpc) is 3.48. The van der Waals surface area contributed by atoms with Crippen LogP contribution in [0.15, 0.2) is 48.5 Å². The lowest BCUT2D eigenvalue weighted by atomic mass is 10.2. The Bertz CT molecular complexity index is 902. The smallest absolute Gasteiger partial charge is 0.336 e. The van der Waals surface area contributed by atoms with Crippen LogP contribution in [0.1, 0.15) is 12.8 Å². The third kappa shape index (κ3) is 4.26. The van der Waals surface area contributed by atoms with Crippen molar-refractivity contribution < 1.29 is 19.3 Å². The third-order valence-electron chi connectivity index (χ3n) is 4.52. The second-order valence-corrected chi connectivity index (χ2v) is 6.68. The largest absolute Gasteiger partial charge is 0.497 e. The minimum absolute atomic E-state index is 0.0186. The van der Waals surface area contributed by atoms with Crippen molar-refractivity contribution in [3.8, 4) is 34.6 Å². The summed E-state index contributed by atoms with van der Waals surface area (Å²) in [4.78, 5) is 4.61. The van der Waals surface area contributed by atoms with Crippen LogP contribution < -0.4 is 14.2 Å². The molecule has 0 atom stereocenters. The molecule has 0 aliphatic heterocycles. The molecular weight excluding hydrogens is 358 g/mol. The molecule has 1 saturated carbocycles. The standard InChI is InChI=1S/C21H23N3O4/c1-26-18-10-6-17(7-11-18)24-20(22-21(23-24)28-14-15-2-3-15)16-4-8-19(9-5-16)27-13-12-25/h4-11,15,25H,2-3,12-14H2,1H3. The number of aromatic nitrogens is 3. The van der Waals surface area contributed by atoms with Crippen molar-refractivity contribution in [1.82, 2.24) is 14.8 Å². The van der Waals surface area contributed by atoms with Gasteiger partial charge in [-0.3, -0.25) is 0 Å². The number of methoxy groups -OCH3 is 1. The first-order valence-electron chi connectivity index (χ1n) is 9.35. The summed E-state index contributed by atoms with van der Waals surface area (Å²) in [7, 11) is 1.64. The van der Waals surface area contributed by atoms with Crippen molar-refractivity contribution in [2.45, 2.75) is 12.8 Å². The van der Waals surface area contributed by atoms with E-state index in [0.29, 0.717) is 30.1 Å². The van der Waals surface area contributed by atoms with Crippen LogP contribution in [0.3, 0.4) is 0 Å². The van der Waals surface area contributed by atoms with E-state index in [9.17, 15) is 0 Å². The first kappa shape index (κ1) is 18.3. The van der Waals surface area contributed by atoms with Gasteiger partial charge in [-0.2, -0.15) is 4.98 Å². The molecule has 1 fully saturated rings. The van der Waals surface area contributed by atoms with E-state index in [4.69, 9.17) is 19.3 Å². The van der Waals surface area contributed by atoms with E-state index in [1.807, 2.05) is 48.5 Å². The van der Waals surface area contributed by atoms with Gasteiger partial charge in [0.25, 0.3) is 0 Å². The monoisotopic (exact) mass is 381 g/mol. The van der Waals surface area contributed by atoms with E-state index in [-0.39, 0.29) is 13.2 Å². The molecule has 28 heavy (non-hydrogen) atoms. The fourth-order valence-corrected chi connectivity index (χ4v) is 2.79. The van der Waals surface area contributed by atoms with Crippen molar-refractivity contribution in [1.29, 1.82) is 0 Å². The van der Waals surface area contributed by atoms with E-state index in [2.05, 4.69) is 10.1 Å². The fraction of sp³-hybridized carbons (Fsp3) is 0.333. The number of aliphatic hydroxyl groups excluding tert-OH is 1. The van der Waals surface area contributed by atoms with Gasteiger partial charge in [0.15, 0.2) is 5.82 Å². The molecular formula is C21H23N3O4. The van der Waals surface area contributed by atoms with Crippen molar-refractivity contribution in [3.63, 3.8) is 0 Å². The topological polar surface area (TPSA) is 78.6 Å². The molecule has 7 nitrogen and oxygen atoms in total. The van der Waals surface area contributed by atoms with Gasteiger partial charge < -0.3 is 19.3 Å². The molecule has 7 heteroatoms. The summed E-state index contributed by atoms with van der Waals surface area (Å²) in [6.07, 6.45) is 2.42. The molecule has 1 aliphatic rings. The quantitative estimate of drug-likeness (QED) is 0.614. The fourth-order valence-electron chi connectivity index (χ4n) is 2.79. The Morgan fingerprint density at radius 1 is 1.00 bits per heavy atom. The number of ether oxygens (including phenoxy) is 3. The molecule has 0 unspecified atom stereocenters. The Balaban J connectivity index is 1.64. The minimum Gasteiger partial charge on any atom is -0.497 e. The highest BCUT2D eigenvalue weighted by molar-refractivity contribution is 5.59. The van der Waals surface area contributed by atoms with Gasteiger partial charge in [0.05, 0.1) is 26.0 Å². The van der Waals surface area contributed by atoms with Crippen molar-refractivity contribution in [2.75, 3.05) is 26.9 Å². The Kier molecular flexibility index (Phi) is 5.43. The highest BCUT2D eigenvalue weighted by Crippen LogP contribution is 2.30. The highest BCUT2D eigenvalue weighted by atomic mass is 16.5. The molecule has 0 bridgehead atoms. The highest BCUT2D eigenvalue weighted by Gasteiger charge is 2.23. The summed E-state index contributed by atoms with van der Waals surface area (Å²) < 4.78 is 18.2. The average molecular weight is 381 g/mol. The lowest BCUT2D eigenvalue weighted by Crippen LogP contribution is -2.02. The van der Waals surface area contributed by atoms with Gasteiger partial charge in [-0.05, 0) is 67.3 Å². The second kappa shape index (κ2) is 8.31. The van der Waals surface area contributed by atoms with Crippen LogP contribution in [0.5, 0.6) is 17.5 Å². The van der Waals surface area contributed by atoms with Gasteiger partial charge in [0.1, 0.15) is 18.1 Å². The minimum atomic E-state index is -0.0186. The van der Waals surface area contributed by atoms with Gasteiger partial charge in [0, 0.05) is 5.56 Å². The molecule has 0 saturated heterocycles. The molecule has 1 aromatic heterocycles. The lowest BCUT2D eigenvalue weighted by Gasteiger charge is -2.08. The molecule has 3 aromatic rings. The first-order chi connectivity index (χ1) is 13.8. The predicted molar refractivity (Wildman–Crippen MR) is 104 cm³/mol. The SMILES string of the molecule is COc1ccc(-n2nc(OCC3CC3)nc2-c2ccc(OCCO)cc2)cc1. The van der Waals surface area contributed by atoms with E-state index in [1.165, 1.54) is 12.8 Å². The Morgan fingerprint density at radius 3 is 2.36 bits per heavy atom. The van der Waals surface area contributed by atoms with E-state index in [1.54, 1.807) is 11.8 Å². The van der Waals surface area contributed by atoms with Crippen molar-refractivity contribution >= 4 is 0 Å². The van der Waals surface area contributed by atoms with Crippen molar-refractivity contribution in [2.24, 2.45) is 5.92 Å². The maximum atomic E-state index is 8.89. The Labute approximate surface area is 163 Å². The van der Waals surface area contributed by atoms with E-state index >= 15 is 0 Å². The second-order valence-electron chi connectivity index (χ2n) is 6.68. The van der Waals surface area contributed by atoms with Gasteiger partial charge in [-0.15, -0.1) is 5.10 Å². The van der Waals surface area contributed by atoms with Crippen LogP contribution >= 0.6 is 0 Å². The summed E-state index contributed by atoms with van der Waals surface area (Å²) in [5, 5.41) is 13.4. The van der Waals surface area contributed by atoms with E-state index in [0.717, 1.165) is 17.0 Å². The zero-order valence-electron chi connectivity index (χ0n) is 15.7. The zero-order chi connectivity index (χ0) is 19.3. The summed E-state index contributed by atoms with van der Waals surface area (Å²) >= 11 is 0. The van der Waals surface area contributed by atoms with Crippen LogP contribution in [0.2, 0.25) is 0 Å². The number of benzene rings is 2. The van der Waals surface area contributed by atoms with Crippen LogP contribution in [0.25, 0.3) is 17.1 Å². The molecule has 1 heterocycles. The molecule has 146 valence electrons. The maximum absolute atomic E-state index is 8.89. The third-order valence-corrected chi connectivity index (χ3v) is 4.52. The summed E-state index contributed by atoms with van der Waals surface area (Å²) in [6.45, 7) is 0.899. The number of rotatable bonds is 9. The van der Waals surface area contributed by atoms with Crippen LogP contribution in [0.4, 0.5) is 0 Å². The summed E-state index contributed by atoms with van der Waals surface area (Å²) in [6, 6.07) is 15.5. The molecule has 1 aliphatic carbocycles. The molecule has 1 N–H and O–H groups in total. The zero-order valence-corrected chi connectivity index (χ0v) is 15.7. The normalized spacial score (nSPS) is 13.4. The van der Waals surface area contributed by atoms with Crippen LogP contribution in [-0.4, -0.2) is 46.8 Å². The van der Waals surface area contributed by atoms with Crippen molar-refractivity contribution in [3.05, 3.63) is 48.5 Å². The maximum Gasteiger partial charge on any atom is 0.336 e. The predicted octanol–water partition coefficient (Wildman–Crippen LogP) is 3.10. The van der Waals surface area contributed by atoms with Crippen LogP contribution in [-0.2, 0) is 0 Å².